The zero-order valence-electron chi connectivity index (χ0n) is 9.26. The predicted molar refractivity (Wildman–Crippen MR) is 70.2 cm³/mol. The van der Waals surface area contributed by atoms with Gasteiger partial charge in [-0.05, 0) is 36.4 Å². The van der Waals surface area contributed by atoms with Crippen molar-refractivity contribution in [2.45, 2.75) is 0 Å². The summed E-state index contributed by atoms with van der Waals surface area (Å²) in [6.07, 6.45) is 2.37. The Morgan fingerprint density at radius 2 is 2.11 bits per heavy atom. The van der Waals surface area contributed by atoms with Crippen molar-refractivity contribution < 1.29 is 14.3 Å². The first-order valence-electron chi connectivity index (χ1n) is 5.12. The molecule has 2 aromatic rings. The number of carbonyl (C=O) groups is 1. The van der Waals surface area contributed by atoms with Gasteiger partial charge in [0.2, 0.25) is 0 Å². The molecule has 0 amide bonds. The topological polar surface area (TPSA) is 76.5 Å². The third kappa shape index (κ3) is 2.73. The van der Waals surface area contributed by atoms with E-state index in [1.54, 1.807) is 30.3 Å². The van der Waals surface area contributed by atoms with E-state index in [2.05, 4.69) is 0 Å². The molecule has 0 unspecified atom stereocenters. The SMILES string of the molecule is Nc1ccc(Cl)c(-c2ccc(/C=C/C(=O)O)o2)c1. The smallest absolute Gasteiger partial charge is 0.328 e. The number of aliphatic carboxylic acids is 1. The Morgan fingerprint density at radius 1 is 1.33 bits per heavy atom. The van der Waals surface area contributed by atoms with Gasteiger partial charge in [0.15, 0.2) is 0 Å². The maximum atomic E-state index is 10.4. The van der Waals surface area contributed by atoms with E-state index in [1.807, 2.05) is 0 Å². The summed E-state index contributed by atoms with van der Waals surface area (Å²) in [5, 5.41) is 9.03. The van der Waals surface area contributed by atoms with Crippen molar-refractivity contribution in [2.75, 3.05) is 5.73 Å². The molecule has 3 N–H and O–H groups in total. The summed E-state index contributed by atoms with van der Waals surface area (Å²) < 4.78 is 5.47. The van der Waals surface area contributed by atoms with Gasteiger partial charge in [-0.25, -0.2) is 4.79 Å². The first-order valence-corrected chi connectivity index (χ1v) is 5.50. The number of benzene rings is 1. The first-order chi connectivity index (χ1) is 8.56. The molecule has 1 aromatic heterocycles. The fraction of sp³-hybridized carbons (Fsp3) is 0. The summed E-state index contributed by atoms with van der Waals surface area (Å²) in [6, 6.07) is 8.45. The van der Waals surface area contributed by atoms with Crippen molar-refractivity contribution in [1.82, 2.24) is 0 Å². The molecule has 1 heterocycles. The second-order valence-corrected chi connectivity index (χ2v) is 4.02. The maximum Gasteiger partial charge on any atom is 0.328 e. The lowest BCUT2D eigenvalue weighted by Crippen LogP contribution is -1.85. The summed E-state index contributed by atoms with van der Waals surface area (Å²) in [4.78, 5) is 10.4. The van der Waals surface area contributed by atoms with Crippen molar-refractivity contribution in [3.05, 3.63) is 47.2 Å². The van der Waals surface area contributed by atoms with Gasteiger partial charge in [0.1, 0.15) is 11.5 Å². The Kier molecular flexibility index (Phi) is 3.39. The van der Waals surface area contributed by atoms with Crippen LogP contribution in [0.15, 0.2) is 40.8 Å². The highest BCUT2D eigenvalue weighted by molar-refractivity contribution is 6.33. The normalized spacial score (nSPS) is 10.9. The molecule has 0 atom stereocenters. The Balaban J connectivity index is 2.35. The van der Waals surface area contributed by atoms with Gasteiger partial charge in [-0.1, -0.05) is 11.6 Å². The van der Waals surface area contributed by atoms with Gasteiger partial charge in [-0.2, -0.15) is 0 Å². The Morgan fingerprint density at radius 3 is 2.83 bits per heavy atom. The number of hydrogen-bond donors (Lipinski definition) is 2. The van der Waals surface area contributed by atoms with Gasteiger partial charge < -0.3 is 15.3 Å². The second-order valence-electron chi connectivity index (χ2n) is 3.61. The van der Waals surface area contributed by atoms with Gasteiger partial charge in [-0.15, -0.1) is 0 Å². The van der Waals surface area contributed by atoms with Gasteiger partial charge in [0.25, 0.3) is 0 Å². The Labute approximate surface area is 108 Å². The minimum Gasteiger partial charge on any atom is -0.478 e. The molecule has 2 rings (SSSR count). The fourth-order valence-corrected chi connectivity index (χ4v) is 1.68. The molecule has 0 aliphatic heterocycles. The van der Waals surface area contributed by atoms with Crippen LogP contribution in [0.2, 0.25) is 5.02 Å². The van der Waals surface area contributed by atoms with Crippen LogP contribution in [0.5, 0.6) is 0 Å². The number of carboxylic acids is 1. The Hall–Kier alpha value is -2.20. The van der Waals surface area contributed by atoms with Crippen LogP contribution in [0.3, 0.4) is 0 Å². The Bertz CT molecular complexity index is 616. The average molecular weight is 264 g/mol. The van der Waals surface area contributed by atoms with Crippen LogP contribution >= 0.6 is 11.6 Å². The molecule has 18 heavy (non-hydrogen) atoms. The van der Waals surface area contributed by atoms with E-state index in [4.69, 9.17) is 26.9 Å². The third-order valence-electron chi connectivity index (χ3n) is 2.27. The van der Waals surface area contributed by atoms with E-state index in [0.29, 0.717) is 27.8 Å². The van der Waals surface area contributed by atoms with Crippen molar-refractivity contribution in [1.29, 1.82) is 0 Å². The summed E-state index contributed by atoms with van der Waals surface area (Å²) in [6.45, 7) is 0. The number of rotatable bonds is 3. The molecule has 4 nitrogen and oxygen atoms in total. The molecule has 0 saturated heterocycles. The predicted octanol–water partition coefficient (Wildman–Crippen LogP) is 3.28. The summed E-state index contributed by atoms with van der Waals surface area (Å²) in [7, 11) is 0. The minimum atomic E-state index is -1.03. The van der Waals surface area contributed by atoms with E-state index in [1.165, 1.54) is 6.08 Å². The molecular weight excluding hydrogens is 254 g/mol. The lowest BCUT2D eigenvalue weighted by atomic mass is 10.1. The third-order valence-corrected chi connectivity index (χ3v) is 2.60. The summed E-state index contributed by atoms with van der Waals surface area (Å²) >= 11 is 6.04. The number of nitrogens with two attached hydrogens (primary N) is 1. The fourth-order valence-electron chi connectivity index (χ4n) is 1.47. The number of halogens is 1. The van der Waals surface area contributed by atoms with Crippen LogP contribution in [0.4, 0.5) is 5.69 Å². The summed E-state index contributed by atoms with van der Waals surface area (Å²) in [5.74, 6) is -0.0573. The van der Waals surface area contributed by atoms with Crippen LogP contribution in [0, 0.1) is 0 Å². The van der Waals surface area contributed by atoms with Crippen LogP contribution in [0.25, 0.3) is 17.4 Å². The average Bonchev–Trinajstić information content (AvgIpc) is 2.78. The molecule has 0 aliphatic carbocycles. The second kappa shape index (κ2) is 4.98. The molecule has 0 saturated carbocycles. The lowest BCUT2D eigenvalue weighted by molar-refractivity contribution is -0.131. The van der Waals surface area contributed by atoms with E-state index >= 15 is 0 Å². The van der Waals surface area contributed by atoms with Crippen LogP contribution in [0.1, 0.15) is 5.76 Å². The zero-order valence-corrected chi connectivity index (χ0v) is 10.0. The van der Waals surface area contributed by atoms with Gasteiger partial charge in [0.05, 0.1) is 5.02 Å². The van der Waals surface area contributed by atoms with E-state index in [-0.39, 0.29) is 0 Å². The van der Waals surface area contributed by atoms with Crippen molar-refractivity contribution >= 4 is 29.3 Å². The number of nitrogen functional groups attached to an aromatic ring is 1. The molecule has 0 radical (unpaired) electrons. The molecule has 0 spiro atoms. The van der Waals surface area contributed by atoms with Crippen LogP contribution in [-0.2, 0) is 4.79 Å². The highest BCUT2D eigenvalue weighted by atomic mass is 35.5. The van der Waals surface area contributed by atoms with Crippen molar-refractivity contribution in [2.24, 2.45) is 0 Å². The summed E-state index contributed by atoms with van der Waals surface area (Å²) in [5.41, 5.74) is 6.93. The molecule has 0 fully saturated rings. The quantitative estimate of drug-likeness (QED) is 0.658. The number of furan rings is 1. The molecule has 1 aromatic carbocycles. The van der Waals surface area contributed by atoms with Gasteiger partial charge in [0, 0.05) is 17.3 Å². The number of carboxylic acid groups (broad SMARTS) is 1. The van der Waals surface area contributed by atoms with E-state index < -0.39 is 5.97 Å². The molecule has 0 aliphatic rings. The molecule has 0 bridgehead atoms. The van der Waals surface area contributed by atoms with E-state index in [9.17, 15) is 4.79 Å². The molecule has 5 heteroatoms. The van der Waals surface area contributed by atoms with Crippen molar-refractivity contribution in [3.8, 4) is 11.3 Å². The van der Waals surface area contributed by atoms with Gasteiger partial charge in [-0.3, -0.25) is 0 Å². The van der Waals surface area contributed by atoms with Crippen LogP contribution in [-0.4, -0.2) is 11.1 Å². The van der Waals surface area contributed by atoms with Crippen molar-refractivity contribution in [3.63, 3.8) is 0 Å². The molecular formula is C13H10ClNO3. The highest BCUT2D eigenvalue weighted by Gasteiger charge is 2.08. The van der Waals surface area contributed by atoms with Gasteiger partial charge >= 0.3 is 5.97 Å². The first kappa shape index (κ1) is 12.3. The van der Waals surface area contributed by atoms with E-state index in [0.717, 1.165) is 6.08 Å². The minimum absolute atomic E-state index is 0.436. The number of hydrogen-bond acceptors (Lipinski definition) is 3. The maximum absolute atomic E-state index is 10.4. The van der Waals surface area contributed by atoms with Crippen LogP contribution < -0.4 is 5.73 Å². The largest absolute Gasteiger partial charge is 0.478 e. The number of anilines is 1. The standard InChI is InChI=1S/C13H10ClNO3/c14-11-4-1-8(15)7-10(11)12-5-2-9(18-12)3-6-13(16)17/h1-7H,15H2,(H,16,17)/b6-3+. The lowest BCUT2D eigenvalue weighted by Gasteiger charge is -2.01. The zero-order chi connectivity index (χ0) is 13.1. The molecule has 92 valence electrons. The highest BCUT2D eigenvalue weighted by Crippen LogP contribution is 2.31. The monoisotopic (exact) mass is 263 g/mol.